The molecule has 6 heteroatoms. The Balaban J connectivity index is 2.12. The van der Waals surface area contributed by atoms with E-state index in [4.69, 9.17) is 4.55 Å². The lowest BCUT2D eigenvalue weighted by Gasteiger charge is -2.04. The number of amides is 1. The predicted molar refractivity (Wildman–Crippen MR) is 67.7 cm³/mol. The highest BCUT2D eigenvalue weighted by Crippen LogP contribution is 2.09. The van der Waals surface area contributed by atoms with Gasteiger partial charge in [0.05, 0.1) is 4.90 Å². The van der Waals surface area contributed by atoms with Gasteiger partial charge in [-0.25, -0.2) is 9.19 Å². The molecule has 0 fully saturated rings. The van der Waals surface area contributed by atoms with Crippen LogP contribution in [0.1, 0.15) is 10.4 Å². The third-order valence-corrected chi connectivity index (χ3v) is 2.90. The van der Waals surface area contributed by atoms with E-state index in [0.29, 0.717) is 11.4 Å². The van der Waals surface area contributed by atoms with E-state index in [2.05, 4.69) is 10.3 Å². The highest BCUT2D eigenvalue weighted by Gasteiger charge is 2.07. The van der Waals surface area contributed by atoms with Gasteiger partial charge in [-0.1, -0.05) is 6.07 Å². The van der Waals surface area contributed by atoms with Crippen molar-refractivity contribution in [1.29, 1.82) is 0 Å². The van der Waals surface area contributed by atoms with E-state index in [1.165, 1.54) is 24.3 Å². The van der Waals surface area contributed by atoms with Crippen molar-refractivity contribution >= 4 is 22.8 Å². The molecule has 0 saturated carbocycles. The standard InChI is InChI=1S/C12H10N2O3S/c15-12(14-11-3-1-2-8-13-11)9-4-6-10(7-5-9)18(16)17/h1-8H,(H,16,17)(H,13,14,15). The number of anilines is 1. The van der Waals surface area contributed by atoms with Gasteiger partial charge in [0, 0.05) is 11.8 Å². The third-order valence-electron chi connectivity index (χ3n) is 2.22. The van der Waals surface area contributed by atoms with Gasteiger partial charge in [0.1, 0.15) is 5.82 Å². The number of pyridine rings is 1. The number of aromatic nitrogens is 1. The molecule has 0 aliphatic rings. The van der Waals surface area contributed by atoms with E-state index in [1.54, 1.807) is 24.4 Å². The van der Waals surface area contributed by atoms with Crippen LogP contribution in [0, 0.1) is 0 Å². The summed E-state index contributed by atoms with van der Waals surface area (Å²) in [4.78, 5) is 16.0. The molecule has 1 atom stereocenters. The van der Waals surface area contributed by atoms with E-state index in [0.717, 1.165) is 0 Å². The smallest absolute Gasteiger partial charge is 0.256 e. The van der Waals surface area contributed by atoms with E-state index < -0.39 is 11.1 Å². The summed E-state index contributed by atoms with van der Waals surface area (Å²) < 4.78 is 19.6. The lowest BCUT2D eigenvalue weighted by molar-refractivity contribution is 0.102. The van der Waals surface area contributed by atoms with Gasteiger partial charge in [-0.15, -0.1) is 0 Å². The van der Waals surface area contributed by atoms with Crippen molar-refractivity contribution in [2.45, 2.75) is 4.90 Å². The Morgan fingerprint density at radius 2 is 1.89 bits per heavy atom. The van der Waals surface area contributed by atoms with Crippen LogP contribution >= 0.6 is 0 Å². The van der Waals surface area contributed by atoms with Crippen LogP contribution in [-0.2, 0) is 11.1 Å². The molecule has 1 aromatic carbocycles. The molecule has 0 aliphatic heterocycles. The maximum atomic E-state index is 11.8. The topological polar surface area (TPSA) is 79.3 Å². The monoisotopic (exact) mass is 262 g/mol. The highest BCUT2D eigenvalue weighted by molar-refractivity contribution is 7.79. The maximum Gasteiger partial charge on any atom is 0.256 e. The molecule has 2 rings (SSSR count). The first-order valence-corrected chi connectivity index (χ1v) is 6.21. The van der Waals surface area contributed by atoms with E-state index in [1.807, 2.05) is 0 Å². The summed E-state index contributed by atoms with van der Waals surface area (Å²) in [6, 6.07) is 11.0. The van der Waals surface area contributed by atoms with Gasteiger partial charge in [-0.2, -0.15) is 0 Å². The number of hydrogen-bond acceptors (Lipinski definition) is 3. The minimum Gasteiger partial charge on any atom is -0.307 e. The Morgan fingerprint density at radius 3 is 2.44 bits per heavy atom. The Hall–Kier alpha value is -2.05. The summed E-state index contributed by atoms with van der Waals surface area (Å²) in [7, 11) is 0. The number of nitrogens with zero attached hydrogens (tertiary/aromatic N) is 1. The number of benzene rings is 1. The third kappa shape index (κ3) is 2.99. The molecule has 92 valence electrons. The summed E-state index contributed by atoms with van der Waals surface area (Å²) in [5.74, 6) is 0.140. The zero-order valence-electron chi connectivity index (χ0n) is 9.24. The van der Waals surface area contributed by atoms with Crippen LogP contribution in [0.15, 0.2) is 53.6 Å². The molecule has 0 spiro atoms. The molecule has 1 amide bonds. The maximum absolute atomic E-state index is 11.8. The van der Waals surface area contributed by atoms with E-state index in [-0.39, 0.29) is 10.8 Å². The number of hydrogen-bond donors (Lipinski definition) is 2. The van der Waals surface area contributed by atoms with Crippen LogP contribution in [0.3, 0.4) is 0 Å². The van der Waals surface area contributed by atoms with Crippen molar-refractivity contribution in [3.05, 3.63) is 54.2 Å². The minimum atomic E-state index is -2.03. The fraction of sp³-hybridized carbons (Fsp3) is 0. The molecule has 1 heterocycles. The molecule has 1 aromatic heterocycles. The van der Waals surface area contributed by atoms with Crippen molar-refractivity contribution in [3.8, 4) is 0 Å². The average molecular weight is 262 g/mol. The van der Waals surface area contributed by atoms with Crippen LogP contribution in [0.25, 0.3) is 0 Å². The minimum absolute atomic E-state index is 0.254. The van der Waals surface area contributed by atoms with Crippen LogP contribution in [-0.4, -0.2) is 19.7 Å². The number of carbonyl (C=O) groups is 1. The fourth-order valence-corrected chi connectivity index (χ4v) is 1.72. The number of carbonyl (C=O) groups excluding carboxylic acids is 1. The van der Waals surface area contributed by atoms with Crippen LogP contribution in [0.2, 0.25) is 0 Å². The van der Waals surface area contributed by atoms with Gasteiger partial charge in [0.15, 0.2) is 11.1 Å². The molecule has 2 N–H and O–H groups in total. The zero-order chi connectivity index (χ0) is 13.0. The van der Waals surface area contributed by atoms with Crippen LogP contribution in [0.5, 0.6) is 0 Å². The lowest BCUT2D eigenvalue weighted by atomic mass is 10.2. The average Bonchev–Trinajstić information content (AvgIpc) is 2.40. The molecule has 0 aliphatic carbocycles. The molecule has 18 heavy (non-hydrogen) atoms. The second-order valence-corrected chi connectivity index (χ2v) is 4.41. The molecule has 0 radical (unpaired) electrons. The lowest BCUT2D eigenvalue weighted by Crippen LogP contribution is -2.12. The second kappa shape index (κ2) is 5.52. The summed E-state index contributed by atoms with van der Waals surface area (Å²) in [6.45, 7) is 0. The van der Waals surface area contributed by atoms with E-state index >= 15 is 0 Å². The molecular weight excluding hydrogens is 252 g/mol. The van der Waals surface area contributed by atoms with Crippen molar-refractivity contribution in [2.75, 3.05) is 5.32 Å². The molecule has 0 bridgehead atoms. The van der Waals surface area contributed by atoms with Crippen LogP contribution < -0.4 is 5.32 Å². The summed E-state index contributed by atoms with van der Waals surface area (Å²) in [6.07, 6.45) is 1.58. The first-order chi connectivity index (χ1) is 8.66. The molecule has 0 saturated heterocycles. The quantitative estimate of drug-likeness (QED) is 0.828. The van der Waals surface area contributed by atoms with Crippen molar-refractivity contribution in [3.63, 3.8) is 0 Å². The first-order valence-electron chi connectivity index (χ1n) is 5.10. The van der Waals surface area contributed by atoms with Gasteiger partial charge >= 0.3 is 0 Å². The van der Waals surface area contributed by atoms with Gasteiger partial charge in [0.25, 0.3) is 5.91 Å². The van der Waals surface area contributed by atoms with Gasteiger partial charge < -0.3 is 9.87 Å². The predicted octanol–water partition coefficient (Wildman–Crippen LogP) is 1.91. The van der Waals surface area contributed by atoms with Gasteiger partial charge in [0.2, 0.25) is 0 Å². The van der Waals surface area contributed by atoms with Gasteiger partial charge in [-0.3, -0.25) is 4.79 Å². The highest BCUT2D eigenvalue weighted by atomic mass is 32.2. The summed E-state index contributed by atoms with van der Waals surface area (Å²) >= 11 is -2.03. The fourth-order valence-electron chi connectivity index (χ4n) is 1.35. The summed E-state index contributed by atoms with van der Waals surface area (Å²) in [5, 5.41) is 2.62. The summed E-state index contributed by atoms with van der Waals surface area (Å²) in [5.41, 5.74) is 0.398. The number of rotatable bonds is 3. The second-order valence-electron chi connectivity index (χ2n) is 3.44. The molecule has 2 aromatic rings. The van der Waals surface area contributed by atoms with Gasteiger partial charge in [-0.05, 0) is 36.4 Å². The Bertz CT molecular complexity index is 570. The van der Waals surface area contributed by atoms with Crippen molar-refractivity contribution in [2.24, 2.45) is 0 Å². The Labute approximate surface area is 106 Å². The van der Waals surface area contributed by atoms with E-state index in [9.17, 15) is 9.00 Å². The Kier molecular flexibility index (Phi) is 3.81. The normalized spacial score (nSPS) is 11.8. The first kappa shape index (κ1) is 12.4. The zero-order valence-corrected chi connectivity index (χ0v) is 10.1. The molecule has 1 unspecified atom stereocenters. The van der Waals surface area contributed by atoms with Crippen molar-refractivity contribution < 1.29 is 13.6 Å². The molecular formula is C12H10N2O3S. The SMILES string of the molecule is O=C(Nc1ccccn1)c1ccc(S(=O)O)cc1. The van der Waals surface area contributed by atoms with Crippen molar-refractivity contribution in [1.82, 2.24) is 4.98 Å². The largest absolute Gasteiger partial charge is 0.307 e. The van der Waals surface area contributed by atoms with Crippen LogP contribution in [0.4, 0.5) is 5.82 Å². The molecule has 5 nitrogen and oxygen atoms in total. The Morgan fingerprint density at radius 1 is 1.17 bits per heavy atom. The number of nitrogens with one attached hydrogen (secondary N) is 1.